The lowest BCUT2D eigenvalue weighted by Crippen LogP contribution is -2.42. The molecule has 6 nitrogen and oxygen atoms in total. The highest BCUT2D eigenvalue weighted by atomic mass is 19.1. The molecule has 0 saturated carbocycles. The molecule has 0 radical (unpaired) electrons. The normalized spacial score (nSPS) is 15.2. The topological polar surface area (TPSA) is 70.7 Å². The maximum atomic E-state index is 13.1. The van der Waals surface area contributed by atoms with E-state index in [2.05, 4.69) is 24.5 Å². The number of benzene rings is 2. The van der Waals surface area contributed by atoms with Crippen LogP contribution >= 0.6 is 0 Å². The van der Waals surface area contributed by atoms with Crippen LogP contribution in [-0.2, 0) is 11.3 Å². The summed E-state index contributed by atoms with van der Waals surface area (Å²) in [4.78, 5) is 27.2. The molecule has 166 valence electrons. The number of anilines is 2. The molecule has 0 bridgehead atoms. The average Bonchev–Trinajstić information content (AvgIpc) is 2.81. The zero-order chi connectivity index (χ0) is 22.6. The molecule has 0 aliphatic carbocycles. The zero-order valence-electron chi connectivity index (χ0n) is 18.5. The molecule has 0 atom stereocenters. The molecule has 0 saturated heterocycles. The molecule has 2 aromatic rings. The van der Waals surface area contributed by atoms with Crippen molar-refractivity contribution in [1.82, 2.24) is 5.32 Å². The highest BCUT2D eigenvalue weighted by molar-refractivity contribution is 6.00. The summed E-state index contributed by atoms with van der Waals surface area (Å²) in [6, 6.07) is 10.9. The fraction of sp³-hybridized carbons (Fsp3) is 0.417. The summed E-state index contributed by atoms with van der Waals surface area (Å²) in [5.41, 5.74) is 1.43. The van der Waals surface area contributed by atoms with Crippen LogP contribution in [0.15, 0.2) is 42.5 Å². The van der Waals surface area contributed by atoms with E-state index in [4.69, 9.17) is 4.74 Å². The molecule has 1 aliphatic rings. The second-order valence-electron chi connectivity index (χ2n) is 8.93. The van der Waals surface area contributed by atoms with Crippen LogP contribution in [0, 0.1) is 17.2 Å². The van der Waals surface area contributed by atoms with Crippen LogP contribution in [0.2, 0.25) is 0 Å². The molecule has 3 rings (SSSR count). The monoisotopic (exact) mass is 427 g/mol. The average molecular weight is 428 g/mol. The van der Waals surface area contributed by atoms with Crippen LogP contribution < -0.4 is 20.3 Å². The smallest absolute Gasteiger partial charge is 0.319 e. The van der Waals surface area contributed by atoms with Gasteiger partial charge in [-0.25, -0.2) is 9.18 Å². The first kappa shape index (κ1) is 22.6. The van der Waals surface area contributed by atoms with Gasteiger partial charge in [-0.05, 0) is 56.0 Å². The molecular weight excluding hydrogens is 397 g/mol. The lowest BCUT2D eigenvalue weighted by atomic mass is 9.92. The van der Waals surface area contributed by atoms with Crippen molar-refractivity contribution in [2.24, 2.45) is 11.3 Å². The van der Waals surface area contributed by atoms with Crippen LogP contribution in [0.4, 0.5) is 20.6 Å². The Labute approximate surface area is 182 Å². The van der Waals surface area contributed by atoms with Crippen LogP contribution in [0.25, 0.3) is 0 Å². The largest absolute Gasteiger partial charge is 0.490 e. The van der Waals surface area contributed by atoms with E-state index < -0.39 is 5.41 Å². The Kier molecular flexibility index (Phi) is 6.83. The Hall–Kier alpha value is -3.09. The first-order valence-corrected chi connectivity index (χ1v) is 10.5. The van der Waals surface area contributed by atoms with Crippen molar-refractivity contribution in [2.75, 3.05) is 23.4 Å². The molecule has 1 heterocycles. The summed E-state index contributed by atoms with van der Waals surface area (Å²) in [5.74, 6) is 0.750. The predicted octanol–water partition coefficient (Wildman–Crippen LogP) is 4.95. The fourth-order valence-corrected chi connectivity index (χ4v) is 3.29. The third-order valence-electron chi connectivity index (χ3n) is 5.22. The molecule has 0 fully saturated rings. The van der Waals surface area contributed by atoms with Crippen molar-refractivity contribution in [3.05, 3.63) is 53.8 Å². The number of nitrogens with one attached hydrogen (secondary N) is 2. The Bertz CT molecular complexity index is 942. The van der Waals surface area contributed by atoms with E-state index in [9.17, 15) is 14.0 Å². The molecule has 2 aromatic carbocycles. The van der Waals surface area contributed by atoms with Gasteiger partial charge in [0.15, 0.2) is 0 Å². The zero-order valence-corrected chi connectivity index (χ0v) is 18.5. The summed E-state index contributed by atoms with van der Waals surface area (Å²) in [7, 11) is 0. The second kappa shape index (κ2) is 9.37. The van der Waals surface area contributed by atoms with E-state index in [1.165, 1.54) is 12.1 Å². The lowest BCUT2D eigenvalue weighted by Gasteiger charge is -2.28. The van der Waals surface area contributed by atoms with Crippen LogP contribution in [0.5, 0.6) is 5.75 Å². The Morgan fingerprint density at radius 1 is 1.19 bits per heavy atom. The third kappa shape index (κ3) is 5.75. The molecule has 1 aliphatic heterocycles. The Morgan fingerprint density at radius 3 is 2.58 bits per heavy atom. The van der Waals surface area contributed by atoms with E-state index in [0.29, 0.717) is 29.6 Å². The van der Waals surface area contributed by atoms with Crippen LogP contribution in [0.1, 0.15) is 39.7 Å². The van der Waals surface area contributed by atoms with Gasteiger partial charge >= 0.3 is 6.03 Å². The number of carbonyl (C=O) groups is 2. The van der Waals surface area contributed by atoms with Crippen LogP contribution in [0.3, 0.4) is 0 Å². The molecule has 31 heavy (non-hydrogen) atoms. The van der Waals surface area contributed by atoms with E-state index in [-0.39, 0.29) is 30.9 Å². The molecule has 0 spiro atoms. The number of halogens is 1. The van der Waals surface area contributed by atoms with E-state index in [1.807, 2.05) is 19.9 Å². The first-order valence-electron chi connectivity index (χ1n) is 10.5. The van der Waals surface area contributed by atoms with Gasteiger partial charge in [-0.2, -0.15) is 0 Å². The summed E-state index contributed by atoms with van der Waals surface area (Å²) in [6.07, 6.45) is 0.882. The number of amides is 3. The Balaban J connectivity index is 1.72. The van der Waals surface area contributed by atoms with Gasteiger partial charge in [0.1, 0.15) is 18.2 Å². The fourth-order valence-electron chi connectivity index (χ4n) is 3.29. The summed E-state index contributed by atoms with van der Waals surface area (Å²) in [6.45, 7) is 9.17. The number of hydrogen-bond acceptors (Lipinski definition) is 3. The number of urea groups is 1. The van der Waals surface area contributed by atoms with Gasteiger partial charge < -0.3 is 20.3 Å². The second-order valence-corrected chi connectivity index (χ2v) is 8.93. The molecule has 3 amide bonds. The van der Waals surface area contributed by atoms with Gasteiger partial charge in [0.2, 0.25) is 5.91 Å². The molecule has 0 unspecified atom stereocenters. The molecular formula is C24H30FN3O3. The van der Waals surface area contributed by atoms with E-state index in [1.54, 1.807) is 29.2 Å². The van der Waals surface area contributed by atoms with E-state index in [0.717, 1.165) is 12.0 Å². The van der Waals surface area contributed by atoms with Crippen molar-refractivity contribution < 1.29 is 18.7 Å². The number of rotatable bonds is 6. The van der Waals surface area contributed by atoms with Crippen molar-refractivity contribution >= 4 is 23.3 Å². The highest BCUT2D eigenvalue weighted by Gasteiger charge is 2.37. The van der Waals surface area contributed by atoms with Crippen molar-refractivity contribution in [1.29, 1.82) is 0 Å². The number of ether oxygens (including phenoxy) is 1. The van der Waals surface area contributed by atoms with Crippen molar-refractivity contribution in [3.8, 4) is 5.75 Å². The number of carbonyl (C=O) groups excluding carboxylic acids is 2. The minimum absolute atomic E-state index is 0.0321. The van der Waals surface area contributed by atoms with Gasteiger partial charge in [0.05, 0.1) is 11.1 Å². The quantitative estimate of drug-likeness (QED) is 0.686. The standard InChI is InChI=1S/C24H30FN3O3/c1-16(2)11-12-28-20-10-9-19(13-21(20)31-15-24(3,4)22(28)29)27-23(30)26-14-17-5-7-18(25)8-6-17/h5-10,13,16H,11-12,14-15H2,1-4H3,(H2,26,27,30). The number of nitrogens with zero attached hydrogens (tertiary/aromatic N) is 1. The third-order valence-corrected chi connectivity index (χ3v) is 5.22. The lowest BCUT2D eigenvalue weighted by molar-refractivity contribution is -0.127. The van der Waals surface area contributed by atoms with Crippen molar-refractivity contribution in [2.45, 2.75) is 40.7 Å². The van der Waals surface area contributed by atoms with Gasteiger partial charge in [0.25, 0.3) is 0 Å². The molecule has 2 N–H and O–H groups in total. The number of fused-ring (bicyclic) bond motifs is 1. The highest BCUT2D eigenvalue weighted by Crippen LogP contribution is 2.38. The summed E-state index contributed by atoms with van der Waals surface area (Å²) >= 11 is 0. The predicted molar refractivity (Wildman–Crippen MR) is 120 cm³/mol. The first-order chi connectivity index (χ1) is 14.7. The van der Waals surface area contributed by atoms with Gasteiger partial charge in [0, 0.05) is 24.8 Å². The SMILES string of the molecule is CC(C)CCN1C(=O)C(C)(C)COc2cc(NC(=O)NCc3ccc(F)cc3)ccc21. The minimum atomic E-state index is -0.643. The van der Waals surface area contributed by atoms with Gasteiger partial charge in [-0.15, -0.1) is 0 Å². The maximum absolute atomic E-state index is 13.1. The van der Waals surface area contributed by atoms with Crippen LogP contribution in [-0.4, -0.2) is 25.1 Å². The molecule has 0 aromatic heterocycles. The van der Waals surface area contributed by atoms with Gasteiger partial charge in [-0.3, -0.25) is 4.79 Å². The van der Waals surface area contributed by atoms with Gasteiger partial charge in [-0.1, -0.05) is 26.0 Å². The van der Waals surface area contributed by atoms with Crippen molar-refractivity contribution in [3.63, 3.8) is 0 Å². The summed E-state index contributed by atoms with van der Waals surface area (Å²) < 4.78 is 19.0. The maximum Gasteiger partial charge on any atom is 0.319 e. The summed E-state index contributed by atoms with van der Waals surface area (Å²) in [5, 5.41) is 5.53. The Morgan fingerprint density at radius 2 is 1.90 bits per heavy atom. The molecule has 7 heteroatoms. The number of hydrogen-bond donors (Lipinski definition) is 2. The van der Waals surface area contributed by atoms with E-state index >= 15 is 0 Å². The minimum Gasteiger partial charge on any atom is -0.490 e.